The molecule has 2 aromatic rings. The van der Waals surface area contributed by atoms with E-state index in [1.54, 1.807) is 23.5 Å². The van der Waals surface area contributed by atoms with E-state index in [-0.39, 0.29) is 18.1 Å². The minimum Gasteiger partial charge on any atom is -0.467 e. The van der Waals surface area contributed by atoms with Crippen LogP contribution in [-0.2, 0) is 6.42 Å². The van der Waals surface area contributed by atoms with E-state index in [0.29, 0.717) is 12.2 Å². The molecule has 0 unspecified atom stereocenters. The number of aliphatic hydroxyl groups is 1. The Hall–Kier alpha value is -1.79. The lowest BCUT2D eigenvalue weighted by Crippen LogP contribution is -2.45. The Morgan fingerprint density at radius 3 is 2.73 bits per heavy atom. The van der Waals surface area contributed by atoms with Crippen LogP contribution in [0.4, 0.5) is 4.79 Å². The molecule has 120 valence electrons. The molecule has 3 N–H and O–H groups in total. The van der Waals surface area contributed by atoms with Gasteiger partial charge in [-0.25, -0.2) is 4.79 Å². The van der Waals surface area contributed by atoms with Gasteiger partial charge in [0.25, 0.3) is 0 Å². The van der Waals surface area contributed by atoms with E-state index < -0.39 is 6.10 Å². The van der Waals surface area contributed by atoms with E-state index in [4.69, 9.17) is 4.42 Å². The van der Waals surface area contributed by atoms with Gasteiger partial charge in [-0.05, 0) is 54.8 Å². The van der Waals surface area contributed by atoms with Crippen LogP contribution < -0.4 is 10.6 Å². The Kier molecular flexibility index (Phi) is 6.03. The molecule has 0 bridgehead atoms. The van der Waals surface area contributed by atoms with Crippen LogP contribution in [0.5, 0.6) is 0 Å². The Labute approximate surface area is 134 Å². The maximum Gasteiger partial charge on any atom is 0.315 e. The highest BCUT2D eigenvalue weighted by Crippen LogP contribution is 2.18. The minimum absolute atomic E-state index is 0.0526. The molecule has 5 nitrogen and oxygen atoms in total. The molecule has 0 aliphatic heterocycles. The molecule has 2 heterocycles. The number of nitrogens with one attached hydrogen (secondary N) is 2. The fraction of sp³-hybridized carbons (Fsp3) is 0.438. The summed E-state index contributed by atoms with van der Waals surface area (Å²) in [5.41, 5.74) is 1.22. The monoisotopic (exact) mass is 322 g/mol. The predicted octanol–water partition coefficient (Wildman–Crippen LogP) is 3.08. The predicted molar refractivity (Wildman–Crippen MR) is 86.9 cm³/mol. The molecule has 0 saturated carbocycles. The molecule has 22 heavy (non-hydrogen) atoms. The van der Waals surface area contributed by atoms with E-state index in [0.717, 1.165) is 6.42 Å². The topological polar surface area (TPSA) is 74.5 Å². The molecule has 2 rings (SSSR count). The molecule has 0 aromatic carbocycles. The lowest BCUT2D eigenvalue weighted by Gasteiger charge is -2.19. The lowest BCUT2D eigenvalue weighted by atomic mass is 10.1. The average Bonchev–Trinajstić information content (AvgIpc) is 3.10. The van der Waals surface area contributed by atoms with Gasteiger partial charge in [-0.3, -0.25) is 0 Å². The van der Waals surface area contributed by atoms with Gasteiger partial charge in [-0.15, -0.1) is 0 Å². The maximum atomic E-state index is 11.9. The lowest BCUT2D eigenvalue weighted by molar-refractivity contribution is 0.129. The van der Waals surface area contributed by atoms with E-state index in [9.17, 15) is 9.90 Å². The highest BCUT2D eigenvalue weighted by molar-refractivity contribution is 7.07. The maximum absolute atomic E-state index is 11.9. The third kappa shape index (κ3) is 5.20. The summed E-state index contributed by atoms with van der Waals surface area (Å²) >= 11 is 1.65. The number of hydrogen-bond acceptors (Lipinski definition) is 4. The van der Waals surface area contributed by atoms with E-state index >= 15 is 0 Å². The zero-order valence-corrected chi connectivity index (χ0v) is 13.6. The zero-order valence-electron chi connectivity index (χ0n) is 12.8. The molecule has 0 spiro atoms. The van der Waals surface area contributed by atoms with Gasteiger partial charge in [-0.1, -0.05) is 0 Å². The van der Waals surface area contributed by atoms with Crippen LogP contribution in [-0.4, -0.2) is 23.2 Å². The summed E-state index contributed by atoms with van der Waals surface area (Å²) in [4.78, 5) is 11.9. The number of hydrogen-bond donors (Lipinski definition) is 3. The second-order valence-electron chi connectivity index (χ2n) is 5.52. The van der Waals surface area contributed by atoms with Crippen molar-refractivity contribution >= 4 is 17.4 Å². The third-order valence-electron chi connectivity index (χ3n) is 3.33. The van der Waals surface area contributed by atoms with Gasteiger partial charge in [0.15, 0.2) is 0 Å². The van der Waals surface area contributed by atoms with Crippen molar-refractivity contribution in [3.05, 3.63) is 46.5 Å². The van der Waals surface area contributed by atoms with Crippen LogP contribution >= 0.6 is 11.3 Å². The molecule has 2 aromatic heterocycles. The number of thiophene rings is 1. The van der Waals surface area contributed by atoms with Gasteiger partial charge in [0.1, 0.15) is 11.9 Å². The number of aliphatic hydroxyl groups excluding tert-OH is 1. The highest BCUT2D eigenvalue weighted by Gasteiger charge is 2.17. The Morgan fingerprint density at radius 2 is 2.09 bits per heavy atom. The van der Waals surface area contributed by atoms with Crippen LogP contribution in [0, 0.1) is 0 Å². The zero-order chi connectivity index (χ0) is 15.9. The van der Waals surface area contributed by atoms with Crippen molar-refractivity contribution in [2.75, 3.05) is 0 Å². The number of urea groups is 1. The van der Waals surface area contributed by atoms with E-state index in [1.165, 1.54) is 11.8 Å². The first-order valence-electron chi connectivity index (χ1n) is 7.34. The normalized spacial score (nSPS) is 15.0. The molecule has 6 heteroatoms. The van der Waals surface area contributed by atoms with E-state index in [1.807, 2.05) is 19.2 Å². The average molecular weight is 322 g/mol. The SMILES string of the molecule is C[C@H](Cc1ccsc1)NC(=O)N[C@H](C)C[C@H](O)c1ccco1. The van der Waals surface area contributed by atoms with Crippen LogP contribution in [0.3, 0.4) is 0 Å². The molecule has 0 aliphatic carbocycles. The molecular weight excluding hydrogens is 300 g/mol. The van der Waals surface area contributed by atoms with Crippen molar-refractivity contribution in [1.82, 2.24) is 10.6 Å². The first-order valence-corrected chi connectivity index (χ1v) is 8.28. The summed E-state index contributed by atoms with van der Waals surface area (Å²) in [7, 11) is 0. The van der Waals surface area contributed by atoms with Crippen molar-refractivity contribution in [3.63, 3.8) is 0 Å². The van der Waals surface area contributed by atoms with Gasteiger partial charge in [-0.2, -0.15) is 11.3 Å². The van der Waals surface area contributed by atoms with Crippen molar-refractivity contribution in [2.45, 2.75) is 44.9 Å². The van der Waals surface area contributed by atoms with Crippen LogP contribution in [0.2, 0.25) is 0 Å². The second kappa shape index (κ2) is 8.00. The van der Waals surface area contributed by atoms with Gasteiger partial charge < -0.3 is 20.2 Å². The summed E-state index contributed by atoms with van der Waals surface area (Å²) in [6.07, 6.45) is 2.02. The van der Waals surface area contributed by atoms with Gasteiger partial charge in [0, 0.05) is 18.5 Å². The summed E-state index contributed by atoms with van der Waals surface area (Å²) in [5, 5.41) is 19.8. The minimum atomic E-state index is -0.714. The number of rotatable bonds is 7. The summed E-state index contributed by atoms with van der Waals surface area (Å²) in [6, 6.07) is 5.19. The Balaban J connectivity index is 1.71. The number of carbonyl (C=O) groups excluding carboxylic acids is 1. The van der Waals surface area contributed by atoms with Crippen molar-refractivity contribution in [2.24, 2.45) is 0 Å². The standard InChI is InChI=1S/C16H22N2O3S/c1-11(8-13-5-7-22-10-13)17-16(20)18-12(2)9-14(19)15-4-3-6-21-15/h3-7,10-12,14,19H,8-9H2,1-2H3,(H2,17,18,20)/t11-,12-,14+/m1/s1. The van der Waals surface area contributed by atoms with Gasteiger partial charge >= 0.3 is 6.03 Å². The molecule has 3 atom stereocenters. The van der Waals surface area contributed by atoms with Crippen LogP contribution in [0.15, 0.2) is 39.6 Å². The molecular formula is C16H22N2O3S. The molecule has 2 amide bonds. The molecule has 0 aliphatic rings. The van der Waals surface area contributed by atoms with Crippen molar-refractivity contribution in [3.8, 4) is 0 Å². The van der Waals surface area contributed by atoms with Crippen molar-refractivity contribution < 1.29 is 14.3 Å². The quantitative estimate of drug-likeness (QED) is 0.733. The fourth-order valence-electron chi connectivity index (χ4n) is 2.29. The molecule has 0 radical (unpaired) electrons. The number of carbonyl (C=O) groups is 1. The van der Waals surface area contributed by atoms with E-state index in [2.05, 4.69) is 22.1 Å². The molecule has 0 fully saturated rings. The first-order chi connectivity index (χ1) is 10.5. The van der Waals surface area contributed by atoms with Gasteiger partial charge in [0.05, 0.1) is 6.26 Å². The largest absolute Gasteiger partial charge is 0.467 e. The highest BCUT2D eigenvalue weighted by atomic mass is 32.1. The van der Waals surface area contributed by atoms with Crippen LogP contribution in [0.25, 0.3) is 0 Å². The smallest absolute Gasteiger partial charge is 0.315 e. The summed E-state index contributed by atoms with van der Waals surface area (Å²) < 4.78 is 5.15. The third-order valence-corrected chi connectivity index (χ3v) is 4.06. The van der Waals surface area contributed by atoms with Gasteiger partial charge in [0.2, 0.25) is 0 Å². The summed E-state index contributed by atoms with van der Waals surface area (Å²) in [6.45, 7) is 3.83. The Morgan fingerprint density at radius 1 is 1.32 bits per heavy atom. The van der Waals surface area contributed by atoms with Crippen molar-refractivity contribution in [1.29, 1.82) is 0 Å². The summed E-state index contributed by atoms with van der Waals surface area (Å²) in [5.74, 6) is 0.514. The fourth-order valence-corrected chi connectivity index (χ4v) is 2.97. The Bertz CT molecular complexity index is 554. The number of amides is 2. The number of furan rings is 1. The molecule has 0 saturated heterocycles. The second-order valence-corrected chi connectivity index (χ2v) is 6.30. The van der Waals surface area contributed by atoms with Crippen LogP contribution in [0.1, 0.15) is 37.7 Å². The first kappa shape index (κ1) is 16.6.